The molecule has 1 atom stereocenters. The van der Waals surface area contributed by atoms with Gasteiger partial charge in [0.25, 0.3) is 21.6 Å². The molecule has 1 saturated heterocycles. The molecule has 0 spiro atoms. The lowest BCUT2D eigenvalue weighted by Gasteiger charge is -2.23. The van der Waals surface area contributed by atoms with Crippen LogP contribution in [-0.4, -0.2) is 41.5 Å². The van der Waals surface area contributed by atoms with Crippen molar-refractivity contribution in [2.24, 2.45) is 0 Å². The summed E-state index contributed by atoms with van der Waals surface area (Å²) in [6.45, 7) is 0.666. The van der Waals surface area contributed by atoms with Crippen LogP contribution in [0.2, 0.25) is 5.02 Å². The van der Waals surface area contributed by atoms with Crippen molar-refractivity contribution in [3.8, 4) is 0 Å². The first-order valence-electron chi connectivity index (χ1n) is 10.1. The minimum Gasteiger partial charge on any atom is -0.369 e. The van der Waals surface area contributed by atoms with Gasteiger partial charge in [-0.05, 0) is 37.5 Å². The van der Waals surface area contributed by atoms with E-state index in [1.807, 2.05) is 4.72 Å². The molecule has 1 aliphatic rings. The highest BCUT2D eigenvalue weighted by molar-refractivity contribution is 7.90. The molecule has 1 unspecified atom stereocenters. The van der Waals surface area contributed by atoms with Gasteiger partial charge in [0.2, 0.25) is 0 Å². The SMILES string of the molecule is O=C(NS(=O)(=O)CNc1ccc2c(cnn2C2CCCCO2)c1Cl)c1cccc([N+](=O)[O-])c1. The Morgan fingerprint density at radius 1 is 1.30 bits per heavy atom. The number of nitrogens with one attached hydrogen (secondary N) is 2. The largest absolute Gasteiger partial charge is 0.369 e. The average Bonchev–Trinajstić information content (AvgIpc) is 3.24. The molecule has 1 aromatic heterocycles. The molecule has 33 heavy (non-hydrogen) atoms. The third kappa shape index (κ3) is 5.07. The molecule has 1 amide bonds. The van der Waals surface area contributed by atoms with Crippen LogP contribution >= 0.6 is 11.6 Å². The lowest BCUT2D eigenvalue weighted by Crippen LogP contribution is -2.34. The number of nitro groups is 1. The van der Waals surface area contributed by atoms with E-state index in [2.05, 4.69) is 10.4 Å². The van der Waals surface area contributed by atoms with Gasteiger partial charge in [0.1, 0.15) is 5.88 Å². The first-order chi connectivity index (χ1) is 15.7. The van der Waals surface area contributed by atoms with Crippen LogP contribution in [0, 0.1) is 10.1 Å². The Bertz CT molecular complexity index is 1320. The van der Waals surface area contributed by atoms with Crippen molar-refractivity contribution in [1.29, 1.82) is 0 Å². The Hall–Kier alpha value is -3.22. The van der Waals surface area contributed by atoms with E-state index in [4.69, 9.17) is 16.3 Å². The predicted octanol–water partition coefficient (Wildman–Crippen LogP) is 3.43. The smallest absolute Gasteiger partial charge is 0.270 e. The maximum absolute atomic E-state index is 12.4. The van der Waals surface area contributed by atoms with Crippen LogP contribution in [-0.2, 0) is 14.8 Å². The van der Waals surface area contributed by atoms with Gasteiger partial charge < -0.3 is 10.1 Å². The second-order valence-corrected chi connectivity index (χ2v) is 9.55. The van der Waals surface area contributed by atoms with Crippen LogP contribution in [0.1, 0.15) is 35.8 Å². The Balaban J connectivity index is 1.46. The number of hydrogen-bond donors (Lipinski definition) is 2. The van der Waals surface area contributed by atoms with E-state index < -0.39 is 26.7 Å². The first-order valence-corrected chi connectivity index (χ1v) is 12.1. The summed E-state index contributed by atoms with van der Waals surface area (Å²) >= 11 is 6.47. The number of nitro benzene ring substituents is 1. The second kappa shape index (κ2) is 9.33. The van der Waals surface area contributed by atoms with Gasteiger partial charge in [0, 0.05) is 29.7 Å². The molecular formula is C20H20ClN5O6S. The molecule has 11 nitrogen and oxygen atoms in total. The summed E-state index contributed by atoms with van der Waals surface area (Å²) in [5.41, 5.74) is 0.641. The summed E-state index contributed by atoms with van der Waals surface area (Å²) in [6.07, 6.45) is 4.32. The lowest BCUT2D eigenvalue weighted by atomic mass is 10.2. The van der Waals surface area contributed by atoms with E-state index in [1.54, 1.807) is 23.0 Å². The zero-order valence-corrected chi connectivity index (χ0v) is 18.8. The van der Waals surface area contributed by atoms with Crippen molar-refractivity contribution in [2.45, 2.75) is 25.5 Å². The van der Waals surface area contributed by atoms with Crippen LogP contribution < -0.4 is 10.0 Å². The highest BCUT2D eigenvalue weighted by atomic mass is 35.5. The van der Waals surface area contributed by atoms with Gasteiger partial charge in [-0.1, -0.05) is 17.7 Å². The van der Waals surface area contributed by atoms with Crippen LogP contribution in [0.3, 0.4) is 0 Å². The van der Waals surface area contributed by atoms with E-state index in [0.29, 0.717) is 17.7 Å². The molecule has 13 heteroatoms. The number of carbonyl (C=O) groups excluding carboxylic acids is 1. The molecule has 0 bridgehead atoms. The Morgan fingerprint density at radius 2 is 2.12 bits per heavy atom. The van der Waals surface area contributed by atoms with Crippen molar-refractivity contribution < 1.29 is 22.9 Å². The number of nitrogens with zero attached hydrogens (tertiary/aromatic N) is 3. The molecule has 2 heterocycles. The molecule has 0 saturated carbocycles. The number of sulfonamides is 1. The van der Waals surface area contributed by atoms with Crippen molar-refractivity contribution in [3.05, 3.63) is 63.3 Å². The van der Waals surface area contributed by atoms with E-state index in [-0.39, 0.29) is 22.5 Å². The van der Waals surface area contributed by atoms with Gasteiger partial charge in [-0.2, -0.15) is 5.10 Å². The zero-order chi connectivity index (χ0) is 23.6. The molecule has 3 aromatic rings. The summed E-state index contributed by atoms with van der Waals surface area (Å²) in [5.74, 6) is -1.62. The van der Waals surface area contributed by atoms with Crippen LogP contribution in [0.25, 0.3) is 10.9 Å². The summed E-state index contributed by atoms with van der Waals surface area (Å²) in [7, 11) is -4.12. The lowest BCUT2D eigenvalue weighted by molar-refractivity contribution is -0.384. The maximum Gasteiger partial charge on any atom is 0.270 e. The summed E-state index contributed by atoms with van der Waals surface area (Å²) < 4.78 is 34.2. The second-order valence-electron chi connectivity index (χ2n) is 7.44. The third-order valence-corrected chi connectivity index (χ3v) is 6.59. The van der Waals surface area contributed by atoms with E-state index in [0.717, 1.165) is 30.8 Å². The number of anilines is 1. The number of benzene rings is 2. The molecule has 0 aliphatic carbocycles. The van der Waals surface area contributed by atoms with Crippen LogP contribution in [0.15, 0.2) is 42.6 Å². The fourth-order valence-corrected chi connectivity index (χ4v) is 4.63. The number of hydrogen-bond acceptors (Lipinski definition) is 8. The molecule has 1 aliphatic heterocycles. The standard InChI is InChI=1S/C20H20ClN5O6S/c21-19-15-11-23-25(18-6-1-2-9-32-18)17(15)8-7-16(19)22-12-33(30,31)24-20(27)13-4-3-5-14(10-13)26(28)29/h3-5,7-8,10-11,18,22H,1-2,6,9,12H2,(H,24,27). The van der Waals surface area contributed by atoms with Crippen LogP contribution in [0.4, 0.5) is 11.4 Å². The molecule has 2 aromatic carbocycles. The summed E-state index contributed by atoms with van der Waals surface area (Å²) in [6, 6.07) is 8.17. The summed E-state index contributed by atoms with van der Waals surface area (Å²) in [4.78, 5) is 22.4. The van der Waals surface area contributed by atoms with Crippen molar-refractivity contribution >= 4 is 49.8 Å². The molecule has 174 valence electrons. The Labute approximate surface area is 193 Å². The van der Waals surface area contributed by atoms with E-state index in [1.165, 1.54) is 18.2 Å². The van der Waals surface area contributed by atoms with Crippen molar-refractivity contribution in [3.63, 3.8) is 0 Å². The van der Waals surface area contributed by atoms with Gasteiger partial charge in [-0.25, -0.2) is 17.8 Å². The fraction of sp³-hybridized carbons (Fsp3) is 0.300. The monoisotopic (exact) mass is 493 g/mol. The van der Waals surface area contributed by atoms with Gasteiger partial charge in [-0.3, -0.25) is 14.9 Å². The minimum atomic E-state index is -4.12. The number of halogens is 1. The zero-order valence-electron chi connectivity index (χ0n) is 17.2. The molecule has 4 rings (SSSR count). The number of amides is 1. The minimum absolute atomic E-state index is 0.149. The highest BCUT2D eigenvalue weighted by Gasteiger charge is 2.21. The molecule has 2 N–H and O–H groups in total. The van der Waals surface area contributed by atoms with Crippen molar-refractivity contribution in [2.75, 3.05) is 17.8 Å². The summed E-state index contributed by atoms with van der Waals surface area (Å²) in [5, 5.41) is 18.9. The molecule has 1 fully saturated rings. The Morgan fingerprint density at radius 3 is 2.85 bits per heavy atom. The number of aromatic nitrogens is 2. The highest BCUT2D eigenvalue weighted by Crippen LogP contribution is 2.34. The van der Waals surface area contributed by atoms with Gasteiger partial charge in [0.15, 0.2) is 6.23 Å². The molecular weight excluding hydrogens is 474 g/mol. The number of fused-ring (bicyclic) bond motifs is 1. The first kappa shape index (κ1) is 23.0. The molecule has 0 radical (unpaired) electrons. The number of ether oxygens (including phenoxy) is 1. The number of carbonyl (C=O) groups is 1. The predicted molar refractivity (Wildman–Crippen MR) is 122 cm³/mol. The number of non-ortho nitro benzene ring substituents is 1. The van der Waals surface area contributed by atoms with Gasteiger partial charge in [0.05, 0.1) is 27.3 Å². The third-order valence-electron chi connectivity index (χ3n) is 5.16. The quantitative estimate of drug-likeness (QED) is 0.376. The van der Waals surface area contributed by atoms with Crippen molar-refractivity contribution in [1.82, 2.24) is 14.5 Å². The van der Waals surface area contributed by atoms with E-state index in [9.17, 15) is 23.3 Å². The fourth-order valence-electron chi connectivity index (χ4n) is 3.54. The Kier molecular flexibility index (Phi) is 6.49. The number of rotatable bonds is 7. The van der Waals surface area contributed by atoms with E-state index >= 15 is 0 Å². The van der Waals surface area contributed by atoms with Crippen LogP contribution in [0.5, 0.6) is 0 Å². The van der Waals surface area contributed by atoms with Gasteiger partial charge >= 0.3 is 0 Å². The van der Waals surface area contributed by atoms with Gasteiger partial charge in [-0.15, -0.1) is 0 Å². The normalized spacial score (nSPS) is 16.5. The topological polar surface area (TPSA) is 145 Å². The average molecular weight is 494 g/mol. The maximum atomic E-state index is 12.4.